The maximum Gasteiger partial charge on any atom is 0.250 e. The van der Waals surface area contributed by atoms with Crippen LogP contribution in [0.15, 0.2) is 46.0 Å². The quantitative estimate of drug-likeness (QED) is 0.754. The standard InChI is InChI=1S/C12H10ClN5O2S2/c13-9-3-5-10(6-4-9)18-11(15-16-17-18)8-14-22(19,20)12-2-1-7-21-12/h1-7,14H,8H2. The number of benzene rings is 1. The summed E-state index contributed by atoms with van der Waals surface area (Å²) in [5, 5.41) is 13.6. The van der Waals surface area contributed by atoms with Crippen LogP contribution in [0.25, 0.3) is 5.69 Å². The third-order valence-electron chi connectivity index (χ3n) is 2.79. The monoisotopic (exact) mass is 355 g/mol. The zero-order valence-corrected chi connectivity index (χ0v) is 13.4. The van der Waals surface area contributed by atoms with Gasteiger partial charge in [0, 0.05) is 5.02 Å². The lowest BCUT2D eigenvalue weighted by atomic mass is 10.3. The Balaban J connectivity index is 1.80. The van der Waals surface area contributed by atoms with Crippen molar-refractivity contribution < 1.29 is 8.42 Å². The van der Waals surface area contributed by atoms with Gasteiger partial charge in [-0.3, -0.25) is 0 Å². The number of halogens is 1. The molecule has 0 aliphatic carbocycles. The molecule has 1 N–H and O–H groups in total. The van der Waals surface area contributed by atoms with Gasteiger partial charge >= 0.3 is 0 Å². The Labute approximate surface area is 135 Å². The van der Waals surface area contributed by atoms with E-state index in [1.807, 2.05) is 0 Å². The predicted molar refractivity (Wildman–Crippen MR) is 82.5 cm³/mol. The van der Waals surface area contributed by atoms with Gasteiger partial charge in [-0.1, -0.05) is 17.7 Å². The molecular weight excluding hydrogens is 346 g/mol. The Hall–Kier alpha value is -1.81. The van der Waals surface area contributed by atoms with Gasteiger partial charge in [0.15, 0.2) is 5.82 Å². The third-order valence-corrected chi connectivity index (χ3v) is 5.84. The molecule has 2 heterocycles. The number of rotatable bonds is 5. The van der Waals surface area contributed by atoms with Gasteiger partial charge in [0.05, 0.1) is 12.2 Å². The van der Waals surface area contributed by atoms with Crippen LogP contribution >= 0.6 is 22.9 Å². The van der Waals surface area contributed by atoms with Crippen LogP contribution in [0, 0.1) is 0 Å². The molecule has 114 valence electrons. The Kier molecular flexibility index (Phi) is 4.21. The van der Waals surface area contributed by atoms with Gasteiger partial charge in [0.1, 0.15) is 4.21 Å². The average Bonchev–Trinajstić information content (AvgIpc) is 3.18. The van der Waals surface area contributed by atoms with E-state index in [4.69, 9.17) is 11.6 Å². The zero-order chi connectivity index (χ0) is 15.6. The van der Waals surface area contributed by atoms with Crippen molar-refractivity contribution in [1.29, 1.82) is 0 Å². The second-order valence-electron chi connectivity index (χ2n) is 4.24. The SMILES string of the molecule is O=S(=O)(NCc1nnnn1-c1ccc(Cl)cc1)c1cccs1. The van der Waals surface area contributed by atoms with Gasteiger partial charge < -0.3 is 0 Å². The van der Waals surface area contributed by atoms with Crippen molar-refractivity contribution in [2.75, 3.05) is 0 Å². The molecule has 7 nitrogen and oxygen atoms in total. The van der Waals surface area contributed by atoms with Crippen molar-refractivity contribution >= 4 is 33.0 Å². The van der Waals surface area contributed by atoms with E-state index in [0.717, 1.165) is 11.3 Å². The molecule has 3 aromatic rings. The summed E-state index contributed by atoms with van der Waals surface area (Å²) in [6.45, 7) is -0.0180. The minimum atomic E-state index is -3.56. The van der Waals surface area contributed by atoms with E-state index in [1.165, 1.54) is 10.7 Å². The summed E-state index contributed by atoms with van der Waals surface area (Å²) in [4.78, 5) is 0. The van der Waals surface area contributed by atoms with E-state index in [-0.39, 0.29) is 10.8 Å². The van der Waals surface area contributed by atoms with Crippen molar-refractivity contribution in [3.63, 3.8) is 0 Å². The molecule has 0 spiro atoms. The molecule has 0 atom stereocenters. The highest BCUT2D eigenvalue weighted by molar-refractivity contribution is 7.91. The number of thiophene rings is 1. The Morgan fingerprint density at radius 3 is 2.68 bits per heavy atom. The third kappa shape index (κ3) is 3.17. The van der Waals surface area contributed by atoms with Crippen molar-refractivity contribution in [2.24, 2.45) is 0 Å². The summed E-state index contributed by atoms with van der Waals surface area (Å²) >= 11 is 6.99. The summed E-state index contributed by atoms with van der Waals surface area (Å²) in [5.41, 5.74) is 0.694. The normalized spacial score (nSPS) is 11.7. The summed E-state index contributed by atoms with van der Waals surface area (Å²) in [7, 11) is -3.56. The Bertz CT molecular complexity index is 859. The van der Waals surface area contributed by atoms with Crippen molar-refractivity contribution in [3.05, 3.63) is 52.6 Å². The van der Waals surface area contributed by atoms with Crippen molar-refractivity contribution in [2.45, 2.75) is 10.8 Å². The van der Waals surface area contributed by atoms with Gasteiger partial charge in [0.25, 0.3) is 0 Å². The first kappa shape index (κ1) is 15.1. The topological polar surface area (TPSA) is 89.8 Å². The van der Waals surface area contributed by atoms with E-state index < -0.39 is 10.0 Å². The van der Waals surface area contributed by atoms with Crippen LogP contribution in [0.5, 0.6) is 0 Å². The number of sulfonamides is 1. The zero-order valence-electron chi connectivity index (χ0n) is 11.0. The second kappa shape index (κ2) is 6.13. The van der Waals surface area contributed by atoms with E-state index in [0.29, 0.717) is 16.5 Å². The number of tetrazole rings is 1. The maximum atomic E-state index is 12.1. The fraction of sp³-hybridized carbons (Fsp3) is 0.0833. The van der Waals surface area contributed by atoms with E-state index >= 15 is 0 Å². The summed E-state index contributed by atoms with van der Waals surface area (Å²) < 4.78 is 28.3. The summed E-state index contributed by atoms with van der Waals surface area (Å²) in [5.74, 6) is 0.377. The van der Waals surface area contributed by atoms with Crippen LogP contribution in [0.1, 0.15) is 5.82 Å². The van der Waals surface area contributed by atoms with E-state index in [9.17, 15) is 8.42 Å². The van der Waals surface area contributed by atoms with Crippen LogP contribution in [0.3, 0.4) is 0 Å². The number of hydrogen-bond donors (Lipinski definition) is 1. The van der Waals surface area contributed by atoms with Crippen molar-refractivity contribution in [3.8, 4) is 5.69 Å². The fourth-order valence-electron chi connectivity index (χ4n) is 1.75. The molecule has 2 aromatic heterocycles. The van der Waals surface area contributed by atoms with Gasteiger partial charge in [-0.05, 0) is 46.1 Å². The van der Waals surface area contributed by atoms with Crippen LogP contribution in [0.2, 0.25) is 5.02 Å². The van der Waals surface area contributed by atoms with E-state index in [1.54, 1.807) is 35.7 Å². The first-order valence-corrected chi connectivity index (χ1v) is 8.87. The fourth-order valence-corrected chi connectivity index (χ4v) is 3.89. The van der Waals surface area contributed by atoms with Crippen LogP contribution in [-0.4, -0.2) is 28.6 Å². The van der Waals surface area contributed by atoms with Crippen LogP contribution in [0.4, 0.5) is 0 Å². The molecule has 0 saturated carbocycles. The highest BCUT2D eigenvalue weighted by atomic mass is 35.5. The molecule has 0 fully saturated rings. The second-order valence-corrected chi connectivity index (χ2v) is 7.62. The number of nitrogens with one attached hydrogen (secondary N) is 1. The average molecular weight is 356 g/mol. The largest absolute Gasteiger partial charge is 0.250 e. The Morgan fingerprint density at radius 1 is 1.23 bits per heavy atom. The van der Waals surface area contributed by atoms with Gasteiger partial charge in [0.2, 0.25) is 10.0 Å². The Morgan fingerprint density at radius 2 is 2.00 bits per heavy atom. The predicted octanol–water partition coefficient (Wildman–Crippen LogP) is 1.86. The molecule has 22 heavy (non-hydrogen) atoms. The van der Waals surface area contributed by atoms with Gasteiger partial charge in [-0.2, -0.15) is 4.68 Å². The lowest BCUT2D eigenvalue weighted by Gasteiger charge is -2.06. The molecule has 0 saturated heterocycles. The molecule has 0 amide bonds. The summed E-state index contributed by atoms with van der Waals surface area (Å²) in [6, 6.07) is 10.1. The van der Waals surface area contributed by atoms with Gasteiger partial charge in [-0.25, -0.2) is 13.1 Å². The van der Waals surface area contributed by atoms with Gasteiger partial charge in [-0.15, -0.1) is 16.4 Å². The highest BCUT2D eigenvalue weighted by Crippen LogP contribution is 2.16. The number of nitrogens with zero attached hydrogens (tertiary/aromatic N) is 4. The molecule has 0 aliphatic rings. The van der Waals surface area contributed by atoms with Crippen LogP contribution < -0.4 is 4.72 Å². The molecule has 0 bridgehead atoms. The maximum absolute atomic E-state index is 12.1. The minimum Gasteiger partial charge on any atom is -0.206 e. The van der Waals surface area contributed by atoms with Crippen molar-refractivity contribution in [1.82, 2.24) is 24.9 Å². The lowest BCUT2D eigenvalue weighted by molar-refractivity contribution is 0.580. The molecule has 1 aromatic carbocycles. The minimum absolute atomic E-state index is 0.0180. The molecule has 0 unspecified atom stereocenters. The smallest absolute Gasteiger partial charge is 0.206 e. The molecule has 0 radical (unpaired) electrons. The highest BCUT2D eigenvalue weighted by Gasteiger charge is 2.17. The van der Waals surface area contributed by atoms with Crippen LogP contribution in [-0.2, 0) is 16.6 Å². The first-order chi connectivity index (χ1) is 10.6. The first-order valence-electron chi connectivity index (χ1n) is 6.13. The molecular formula is C12H10ClN5O2S2. The number of aromatic nitrogens is 4. The van der Waals surface area contributed by atoms with E-state index in [2.05, 4.69) is 20.2 Å². The number of hydrogen-bond acceptors (Lipinski definition) is 6. The molecule has 10 heteroatoms. The molecule has 3 rings (SSSR count). The lowest BCUT2D eigenvalue weighted by Crippen LogP contribution is -2.24. The summed E-state index contributed by atoms with van der Waals surface area (Å²) in [6.07, 6.45) is 0. The molecule has 0 aliphatic heterocycles.